The highest BCUT2D eigenvalue weighted by Gasteiger charge is 2.24. The second-order valence-corrected chi connectivity index (χ2v) is 4.92. The number of furan rings is 1. The fourth-order valence-corrected chi connectivity index (χ4v) is 2.46. The average molecular weight is 274 g/mol. The maximum atomic E-state index is 11.8. The molecule has 1 atom stereocenters. The van der Waals surface area contributed by atoms with Crippen molar-refractivity contribution in [2.75, 3.05) is 33.4 Å². The van der Waals surface area contributed by atoms with E-state index in [0.29, 0.717) is 19.7 Å². The van der Waals surface area contributed by atoms with Crippen LogP contribution in [0.15, 0.2) is 34.7 Å². The number of ether oxygens (including phenoxy) is 1. The van der Waals surface area contributed by atoms with Crippen molar-refractivity contribution in [2.45, 2.75) is 6.04 Å². The number of carbonyl (C=O) groups is 1. The van der Waals surface area contributed by atoms with Crippen molar-refractivity contribution in [1.82, 2.24) is 10.2 Å². The number of amides is 1. The molecule has 3 rings (SSSR count). The van der Waals surface area contributed by atoms with Crippen LogP contribution in [0.3, 0.4) is 0 Å². The van der Waals surface area contributed by atoms with Gasteiger partial charge in [0.1, 0.15) is 18.0 Å². The van der Waals surface area contributed by atoms with E-state index in [1.807, 2.05) is 42.3 Å². The van der Waals surface area contributed by atoms with Crippen molar-refractivity contribution < 1.29 is 13.9 Å². The third-order valence-electron chi connectivity index (χ3n) is 3.62. The van der Waals surface area contributed by atoms with E-state index in [0.717, 1.165) is 16.7 Å². The summed E-state index contributed by atoms with van der Waals surface area (Å²) in [6.45, 7) is 2.01. The summed E-state index contributed by atoms with van der Waals surface area (Å²) in [6.07, 6.45) is 0. The Balaban J connectivity index is 1.80. The van der Waals surface area contributed by atoms with E-state index >= 15 is 0 Å². The molecule has 5 nitrogen and oxygen atoms in total. The molecule has 0 saturated carbocycles. The van der Waals surface area contributed by atoms with Crippen LogP contribution >= 0.6 is 0 Å². The van der Waals surface area contributed by atoms with Gasteiger partial charge in [-0.3, -0.25) is 4.79 Å². The average Bonchev–Trinajstić information content (AvgIpc) is 2.90. The van der Waals surface area contributed by atoms with E-state index < -0.39 is 0 Å². The van der Waals surface area contributed by atoms with Crippen molar-refractivity contribution in [3.8, 4) is 0 Å². The lowest BCUT2D eigenvalue weighted by Gasteiger charge is -2.29. The number of rotatable bonds is 4. The normalized spacial score (nSPS) is 17.6. The van der Waals surface area contributed by atoms with E-state index in [9.17, 15) is 4.79 Å². The van der Waals surface area contributed by atoms with E-state index in [4.69, 9.17) is 9.15 Å². The highest BCUT2D eigenvalue weighted by Crippen LogP contribution is 2.24. The zero-order chi connectivity index (χ0) is 13.9. The molecular formula is C15H18N2O3. The zero-order valence-corrected chi connectivity index (χ0v) is 11.5. The highest BCUT2D eigenvalue weighted by molar-refractivity contribution is 5.79. The lowest BCUT2D eigenvalue weighted by Crippen LogP contribution is -2.45. The molecule has 1 unspecified atom stereocenters. The maximum absolute atomic E-state index is 11.8. The molecule has 1 aliphatic rings. The summed E-state index contributed by atoms with van der Waals surface area (Å²) in [7, 11) is 1.88. The first-order valence-electron chi connectivity index (χ1n) is 6.79. The van der Waals surface area contributed by atoms with Crippen LogP contribution in [0.4, 0.5) is 0 Å². The molecule has 1 saturated heterocycles. The van der Waals surface area contributed by atoms with Crippen LogP contribution in [0, 0.1) is 0 Å². The lowest BCUT2D eigenvalue weighted by molar-refractivity contribution is -0.143. The number of nitrogens with zero attached hydrogens (tertiary/aromatic N) is 1. The summed E-state index contributed by atoms with van der Waals surface area (Å²) >= 11 is 0. The van der Waals surface area contributed by atoms with Crippen LogP contribution in [0.1, 0.15) is 11.8 Å². The van der Waals surface area contributed by atoms with Crippen LogP contribution in [0.5, 0.6) is 0 Å². The monoisotopic (exact) mass is 274 g/mol. The number of benzene rings is 1. The first kappa shape index (κ1) is 13.1. The summed E-state index contributed by atoms with van der Waals surface area (Å²) in [5, 5.41) is 4.30. The number of nitrogens with one attached hydrogen (secondary N) is 1. The first-order chi connectivity index (χ1) is 9.78. The molecule has 1 aliphatic heterocycles. The molecule has 1 N–H and O–H groups in total. The Labute approximate surface area is 117 Å². The molecule has 20 heavy (non-hydrogen) atoms. The Bertz CT molecular complexity index is 575. The number of likely N-dealkylation sites (N-methyl/N-ethyl adjacent to an activating group) is 1. The Morgan fingerprint density at radius 1 is 1.40 bits per heavy atom. The van der Waals surface area contributed by atoms with Crippen LogP contribution in [-0.2, 0) is 9.53 Å². The summed E-state index contributed by atoms with van der Waals surface area (Å²) in [5.41, 5.74) is 0.871. The van der Waals surface area contributed by atoms with Crippen molar-refractivity contribution >= 4 is 16.9 Å². The predicted octanol–water partition coefficient (Wildman–Crippen LogP) is 1.55. The molecule has 1 amide bonds. The van der Waals surface area contributed by atoms with Gasteiger partial charge in [-0.1, -0.05) is 18.2 Å². The van der Waals surface area contributed by atoms with Gasteiger partial charge in [-0.05, 0) is 19.2 Å². The van der Waals surface area contributed by atoms with Crippen LogP contribution in [0.25, 0.3) is 11.0 Å². The third kappa shape index (κ3) is 2.55. The number of hydrogen-bond donors (Lipinski definition) is 1. The fraction of sp³-hybridized carbons (Fsp3) is 0.400. The molecule has 1 aromatic heterocycles. The molecule has 2 heterocycles. The predicted molar refractivity (Wildman–Crippen MR) is 75.4 cm³/mol. The van der Waals surface area contributed by atoms with Gasteiger partial charge in [0.05, 0.1) is 12.6 Å². The number of carbonyl (C=O) groups excluding carboxylic acids is 1. The standard InChI is InChI=1S/C15H18N2O3/c1-16-12(9-17-6-7-19-10-15(17)18)14-8-11-4-2-3-5-13(11)20-14/h2-5,8,12,16H,6-7,9-10H2,1H3. The minimum absolute atomic E-state index is 0.00977. The summed E-state index contributed by atoms with van der Waals surface area (Å²) in [4.78, 5) is 13.6. The van der Waals surface area contributed by atoms with Crippen LogP contribution < -0.4 is 5.32 Å². The number of morpholine rings is 1. The molecule has 0 radical (unpaired) electrons. The summed E-state index contributed by atoms with van der Waals surface area (Å²) < 4.78 is 11.0. The van der Waals surface area contributed by atoms with Gasteiger partial charge < -0.3 is 19.4 Å². The topological polar surface area (TPSA) is 54.7 Å². The Kier molecular flexibility index (Phi) is 3.71. The zero-order valence-electron chi connectivity index (χ0n) is 11.5. The summed E-state index contributed by atoms with van der Waals surface area (Å²) in [6, 6.07) is 9.93. The van der Waals surface area contributed by atoms with Gasteiger partial charge in [0.25, 0.3) is 0 Å². The van der Waals surface area contributed by atoms with Gasteiger partial charge in [0.2, 0.25) is 5.91 Å². The molecule has 2 aromatic rings. The van der Waals surface area contributed by atoms with Gasteiger partial charge in [-0.25, -0.2) is 0 Å². The summed E-state index contributed by atoms with van der Waals surface area (Å²) in [5.74, 6) is 0.889. The quantitative estimate of drug-likeness (QED) is 0.919. The molecule has 0 spiro atoms. The minimum atomic E-state index is -0.00977. The number of fused-ring (bicyclic) bond motifs is 1. The van der Waals surface area contributed by atoms with Crippen molar-refractivity contribution in [3.05, 3.63) is 36.1 Å². The molecule has 1 fully saturated rings. The number of para-hydroxylation sites is 1. The second kappa shape index (κ2) is 5.64. The lowest BCUT2D eigenvalue weighted by atomic mass is 10.2. The van der Waals surface area contributed by atoms with Crippen molar-refractivity contribution in [1.29, 1.82) is 0 Å². The van der Waals surface area contributed by atoms with E-state index in [1.54, 1.807) is 0 Å². The van der Waals surface area contributed by atoms with Crippen molar-refractivity contribution in [2.24, 2.45) is 0 Å². The molecule has 106 valence electrons. The fourth-order valence-electron chi connectivity index (χ4n) is 2.46. The highest BCUT2D eigenvalue weighted by atomic mass is 16.5. The van der Waals surface area contributed by atoms with Gasteiger partial charge >= 0.3 is 0 Å². The molecular weight excluding hydrogens is 256 g/mol. The third-order valence-corrected chi connectivity index (χ3v) is 3.62. The maximum Gasteiger partial charge on any atom is 0.248 e. The molecule has 0 aliphatic carbocycles. The van der Waals surface area contributed by atoms with Crippen molar-refractivity contribution in [3.63, 3.8) is 0 Å². The Morgan fingerprint density at radius 3 is 3.00 bits per heavy atom. The first-order valence-corrected chi connectivity index (χ1v) is 6.79. The van der Waals surface area contributed by atoms with E-state index in [1.165, 1.54) is 0 Å². The SMILES string of the molecule is CNC(CN1CCOCC1=O)c1cc2ccccc2o1. The second-order valence-electron chi connectivity index (χ2n) is 4.92. The molecule has 0 bridgehead atoms. The van der Waals surface area contributed by atoms with Gasteiger partial charge in [0, 0.05) is 18.5 Å². The van der Waals surface area contributed by atoms with Gasteiger partial charge in [-0.2, -0.15) is 0 Å². The van der Waals surface area contributed by atoms with E-state index in [2.05, 4.69) is 5.32 Å². The largest absolute Gasteiger partial charge is 0.459 e. The van der Waals surface area contributed by atoms with Crippen LogP contribution in [-0.4, -0.2) is 44.2 Å². The smallest absolute Gasteiger partial charge is 0.248 e. The molecule has 1 aromatic carbocycles. The van der Waals surface area contributed by atoms with Gasteiger partial charge in [-0.15, -0.1) is 0 Å². The van der Waals surface area contributed by atoms with Gasteiger partial charge in [0.15, 0.2) is 0 Å². The minimum Gasteiger partial charge on any atom is -0.459 e. The van der Waals surface area contributed by atoms with E-state index in [-0.39, 0.29) is 18.6 Å². The number of hydrogen-bond acceptors (Lipinski definition) is 4. The molecule has 5 heteroatoms. The Hall–Kier alpha value is -1.85. The Morgan fingerprint density at radius 2 is 2.25 bits per heavy atom. The van der Waals surface area contributed by atoms with Crippen LogP contribution in [0.2, 0.25) is 0 Å².